The van der Waals surface area contributed by atoms with Gasteiger partial charge in [0.05, 0.1) is 16.1 Å². The Bertz CT molecular complexity index is 403. The quantitative estimate of drug-likeness (QED) is 0.806. The summed E-state index contributed by atoms with van der Waals surface area (Å²) in [6.07, 6.45) is 3.84. The zero-order valence-electron chi connectivity index (χ0n) is 9.43. The minimum Gasteiger partial charge on any atom is -0.388 e. The zero-order valence-corrected chi connectivity index (χ0v) is 11.0. The van der Waals surface area contributed by atoms with E-state index in [0.29, 0.717) is 0 Å². The van der Waals surface area contributed by atoms with Crippen molar-refractivity contribution in [1.29, 1.82) is 0 Å². The van der Waals surface area contributed by atoms with Gasteiger partial charge in [0.15, 0.2) is 0 Å². The Hall–Kier alpha value is -0.480. The first-order valence-corrected chi connectivity index (χ1v) is 6.72. The number of halogens is 3. The van der Waals surface area contributed by atoms with Crippen molar-refractivity contribution < 1.29 is 13.9 Å². The van der Waals surface area contributed by atoms with Crippen molar-refractivity contribution >= 4 is 15.9 Å². The summed E-state index contributed by atoms with van der Waals surface area (Å²) in [5.41, 5.74) is -0.189. The summed E-state index contributed by atoms with van der Waals surface area (Å²) in [4.78, 5) is 0. The van der Waals surface area contributed by atoms with E-state index in [1.807, 2.05) is 0 Å². The molecule has 1 aromatic carbocycles. The second kappa shape index (κ2) is 5.44. The third kappa shape index (κ3) is 2.68. The molecule has 1 aliphatic rings. The van der Waals surface area contributed by atoms with E-state index in [1.54, 1.807) is 0 Å². The lowest BCUT2D eigenvalue weighted by Gasteiger charge is -2.27. The Balaban J connectivity index is 2.29. The molecule has 0 spiro atoms. The minimum atomic E-state index is -1.03. The molecule has 1 aliphatic carbocycles. The average molecular weight is 305 g/mol. The first-order valence-electron chi connectivity index (χ1n) is 5.92. The number of aliphatic hydroxyl groups is 1. The summed E-state index contributed by atoms with van der Waals surface area (Å²) < 4.78 is 27.6. The van der Waals surface area contributed by atoms with Gasteiger partial charge in [-0.2, -0.15) is 0 Å². The van der Waals surface area contributed by atoms with Crippen LogP contribution >= 0.6 is 15.9 Å². The Labute approximate surface area is 108 Å². The number of benzene rings is 1. The van der Waals surface area contributed by atoms with Crippen LogP contribution in [0.25, 0.3) is 0 Å². The van der Waals surface area contributed by atoms with Crippen LogP contribution in [-0.2, 0) is 0 Å². The highest BCUT2D eigenvalue weighted by Gasteiger charge is 2.28. The molecule has 1 unspecified atom stereocenters. The molecule has 0 heterocycles. The SMILES string of the molecule is OC(c1c(F)ccc(Br)c1F)C1CCCCC1. The summed E-state index contributed by atoms with van der Waals surface area (Å²) in [6, 6.07) is 2.51. The van der Waals surface area contributed by atoms with Crippen LogP contribution < -0.4 is 0 Å². The second-order valence-electron chi connectivity index (χ2n) is 4.60. The second-order valence-corrected chi connectivity index (χ2v) is 5.45. The fourth-order valence-corrected chi connectivity index (χ4v) is 2.85. The van der Waals surface area contributed by atoms with Gasteiger partial charge in [-0.25, -0.2) is 8.78 Å². The van der Waals surface area contributed by atoms with Crippen LogP contribution in [0.15, 0.2) is 16.6 Å². The van der Waals surface area contributed by atoms with Gasteiger partial charge < -0.3 is 5.11 Å². The molecule has 0 bridgehead atoms. The molecule has 94 valence electrons. The standard InChI is InChI=1S/C13H15BrF2O/c14-9-6-7-10(15)11(12(9)16)13(17)8-4-2-1-3-5-8/h6-8,13,17H,1-5H2. The smallest absolute Gasteiger partial charge is 0.146 e. The van der Waals surface area contributed by atoms with Crippen LogP contribution in [0.2, 0.25) is 0 Å². The first kappa shape index (κ1) is 13.0. The van der Waals surface area contributed by atoms with E-state index in [4.69, 9.17) is 0 Å². The van der Waals surface area contributed by atoms with Gasteiger partial charge in [-0.05, 0) is 46.8 Å². The molecule has 1 saturated carbocycles. The maximum absolute atomic E-state index is 13.8. The van der Waals surface area contributed by atoms with E-state index in [1.165, 1.54) is 12.1 Å². The fourth-order valence-electron chi connectivity index (χ4n) is 2.50. The van der Waals surface area contributed by atoms with Crippen molar-refractivity contribution in [3.63, 3.8) is 0 Å². The normalized spacial score (nSPS) is 19.3. The monoisotopic (exact) mass is 304 g/mol. The molecule has 1 atom stereocenters. The molecule has 4 heteroatoms. The zero-order chi connectivity index (χ0) is 12.4. The maximum atomic E-state index is 13.8. The minimum absolute atomic E-state index is 0.0259. The fraction of sp³-hybridized carbons (Fsp3) is 0.538. The average Bonchev–Trinajstić information content (AvgIpc) is 2.35. The lowest BCUT2D eigenvalue weighted by Crippen LogP contribution is -2.18. The summed E-state index contributed by atoms with van der Waals surface area (Å²) >= 11 is 3.02. The summed E-state index contributed by atoms with van der Waals surface area (Å²) in [5.74, 6) is -1.37. The third-order valence-electron chi connectivity index (χ3n) is 3.47. The summed E-state index contributed by atoms with van der Waals surface area (Å²) in [6.45, 7) is 0. The van der Waals surface area contributed by atoms with E-state index < -0.39 is 17.7 Å². The van der Waals surface area contributed by atoms with Crippen LogP contribution in [0.5, 0.6) is 0 Å². The maximum Gasteiger partial charge on any atom is 0.146 e. The Morgan fingerprint density at radius 1 is 1.18 bits per heavy atom. The topological polar surface area (TPSA) is 20.2 Å². The van der Waals surface area contributed by atoms with Crippen LogP contribution in [-0.4, -0.2) is 5.11 Å². The number of hydrogen-bond acceptors (Lipinski definition) is 1. The molecule has 0 radical (unpaired) electrons. The highest BCUT2D eigenvalue weighted by Crippen LogP contribution is 2.37. The molecule has 1 aromatic rings. The molecular weight excluding hydrogens is 290 g/mol. The van der Waals surface area contributed by atoms with Gasteiger partial charge in [0.2, 0.25) is 0 Å². The molecular formula is C13H15BrF2O. The molecule has 0 aromatic heterocycles. The molecule has 0 aliphatic heterocycles. The molecule has 1 fully saturated rings. The van der Waals surface area contributed by atoms with Gasteiger partial charge in [-0.1, -0.05) is 19.3 Å². The van der Waals surface area contributed by atoms with Crippen molar-refractivity contribution in [2.24, 2.45) is 5.92 Å². The van der Waals surface area contributed by atoms with Crippen molar-refractivity contribution in [3.05, 3.63) is 33.8 Å². The van der Waals surface area contributed by atoms with Gasteiger partial charge >= 0.3 is 0 Å². The lowest BCUT2D eigenvalue weighted by molar-refractivity contribution is 0.0780. The summed E-state index contributed by atoms with van der Waals surface area (Å²) in [5, 5.41) is 10.1. The van der Waals surface area contributed by atoms with Crippen molar-refractivity contribution in [2.45, 2.75) is 38.2 Å². The van der Waals surface area contributed by atoms with E-state index in [-0.39, 0.29) is 16.0 Å². The van der Waals surface area contributed by atoms with Crippen LogP contribution in [0.4, 0.5) is 8.78 Å². The summed E-state index contributed by atoms with van der Waals surface area (Å²) in [7, 11) is 0. The van der Waals surface area contributed by atoms with Gasteiger partial charge in [0, 0.05) is 0 Å². The van der Waals surface area contributed by atoms with Gasteiger partial charge in [0.1, 0.15) is 11.6 Å². The lowest BCUT2D eigenvalue weighted by atomic mass is 9.82. The van der Waals surface area contributed by atoms with Crippen molar-refractivity contribution in [1.82, 2.24) is 0 Å². The van der Waals surface area contributed by atoms with E-state index in [9.17, 15) is 13.9 Å². The number of aliphatic hydroxyl groups excluding tert-OH is 1. The van der Waals surface area contributed by atoms with Crippen LogP contribution in [0, 0.1) is 17.6 Å². The third-order valence-corrected chi connectivity index (χ3v) is 4.08. The van der Waals surface area contributed by atoms with E-state index in [0.717, 1.165) is 32.1 Å². The van der Waals surface area contributed by atoms with E-state index in [2.05, 4.69) is 15.9 Å². The Morgan fingerprint density at radius 3 is 2.47 bits per heavy atom. The first-order chi connectivity index (χ1) is 8.11. The largest absolute Gasteiger partial charge is 0.388 e. The van der Waals surface area contributed by atoms with Gasteiger partial charge in [-0.3, -0.25) is 0 Å². The van der Waals surface area contributed by atoms with Gasteiger partial charge in [-0.15, -0.1) is 0 Å². The van der Waals surface area contributed by atoms with Crippen LogP contribution in [0.3, 0.4) is 0 Å². The van der Waals surface area contributed by atoms with Gasteiger partial charge in [0.25, 0.3) is 0 Å². The van der Waals surface area contributed by atoms with E-state index >= 15 is 0 Å². The number of rotatable bonds is 2. The highest BCUT2D eigenvalue weighted by molar-refractivity contribution is 9.10. The molecule has 1 N–H and O–H groups in total. The Morgan fingerprint density at radius 2 is 1.82 bits per heavy atom. The molecule has 0 amide bonds. The van der Waals surface area contributed by atoms with Crippen molar-refractivity contribution in [2.75, 3.05) is 0 Å². The molecule has 1 nitrogen and oxygen atoms in total. The highest BCUT2D eigenvalue weighted by atomic mass is 79.9. The molecule has 17 heavy (non-hydrogen) atoms. The Kier molecular flexibility index (Phi) is 4.15. The molecule has 2 rings (SSSR count). The molecule has 0 saturated heterocycles. The predicted octanol–water partition coefficient (Wildman–Crippen LogP) is 4.34. The number of hydrogen-bond donors (Lipinski definition) is 1. The van der Waals surface area contributed by atoms with Crippen molar-refractivity contribution in [3.8, 4) is 0 Å². The predicted molar refractivity (Wildman–Crippen MR) is 65.6 cm³/mol. The van der Waals surface area contributed by atoms with Crippen LogP contribution in [0.1, 0.15) is 43.8 Å².